The standard InChI is InChI=1S/C22H18Cl2N2O3/c23-16-11-12-19(18(24)13-16)29-14-20(27)26-21(15-7-3-1-4-8-15)22(28)25-17-9-5-2-6-10-17/h1-13,21H,14H2,(H,25,28)(H,26,27)/t21-/m1/s1. The highest BCUT2D eigenvalue weighted by Gasteiger charge is 2.23. The zero-order valence-electron chi connectivity index (χ0n) is 15.3. The summed E-state index contributed by atoms with van der Waals surface area (Å²) in [6.45, 7) is -0.302. The second-order valence-electron chi connectivity index (χ2n) is 6.13. The Morgan fingerprint density at radius 1 is 0.897 bits per heavy atom. The lowest BCUT2D eigenvalue weighted by Crippen LogP contribution is -2.39. The van der Waals surface area contributed by atoms with Gasteiger partial charge in [0.25, 0.3) is 11.8 Å². The Labute approximate surface area is 178 Å². The van der Waals surface area contributed by atoms with Crippen LogP contribution >= 0.6 is 23.2 Å². The summed E-state index contributed by atoms with van der Waals surface area (Å²) >= 11 is 11.9. The lowest BCUT2D eigenvalue weighted by atomic mass is 10.1. The topological polar surface area (TPSA) is 67.4 Å². The molecule has 0 bridgehead atoms. The van der Waals surface area contributed by atoms with Gasteiger partial charge in [-0.25, -0.2) is 0 Å². The Kier molecular flexibility index (Phi) is 7.11. The van der Waals surface area contributed by atoms with E-state index in [2.05, 4.69) is 10.6 Å². The highest BCUT2D eigenvalue weighted by atomic mass is 35.5. The highest BCUT2D eigenvalue weighted by Crippen LogP contribution is 2.27. The van der Waals surface area contributed by atoms with E-state index < -0.39 is 11.9 Å². The molecule has 0 saturated carbocycles. The molecule has 0 aliphatic rings. The fourth-order valence-electron chi connectivity index (χ4n) is 2.62. The van der Waals surface area contributed by atoms with Crippen LogP contribution in [-0.2, 0) is 9.59 Å². The van der Waals surface area contributed by atoms with Gasteiger partial charge in [-0.05, 0) is 35.9 Å². The minimum Gasteiger partial charge on any atom is -0.482 e. The molecule has 3 rings (SSSR count). The van der Waals surface area contributed by atoms with Crippen molar-refractivity contribution in [3.63, 3.8) is 0 Å². The summed E-state index contributed by atoms with van der Waals surface area (Å²) in [7, 11) is 0. The molecule has 3 aromatic carbocycles. The molecule has 0 aromatic heterocycles. The number of carbonyl (C=O) groups is 2. The monoisotopic (exact) mass is 428 g/mol. The van der Waals surface area contributed by atoms with Crippen molar-refractivity contribution >= 4 is 40.7 Å². The third-order valence-electron chi connectivity index (χ3n) is 3.99. The van der Waals surface area contributed by atoms with E-state index in [-0.39, 0.29) is 12.5 Å². The van der Waals surface area contributed by atoms with Crippen molar-refractivity contribution in [2.45, 2.75) is 6.04 Å². The fourth-order valence-corrected chi connectivity index (χ4v) is 3.08. The predicted molar refractivity (Wildman–Crippen MR) is 114 cm³/mol. The number of rotatable bonds is 7. The van der Waals surface area contributed by atoms with Gasteiger partial charge < -0.3 is 15.4 Å². The minimum absolute atomic E-state index is 0.298. The Balaban J connectivity index is 1.69. The Morgan fingerprint density at radius 2 is 1.55 bits per heavy atom. The van der Waals surface area contributed by atoms with Crippen molar-refractivity contribution in [1.82, 2.24) is 5.32 Å². The number of amides is 2. The van der Waals surface area contributed by atoms with E-state index in [9.17, 15) is 9.59 Å². The number of halogens is 2. The molecule has 5 nitrogen and oxygen atoms in total. The first kappa shape index (κ1) is 20.7. The molecule has 1 atom stereocenters. The van der Waals surface area contributed by atoms with E-state index in [0.717, 1.165) is 0 Å². The molecular weight excluding hydrogens is 411 g/mol. The third kappa shape index (κ3) is 5.98. The van der Waals surface area contributed by atoms with Gasteiger partial charge in [-0.3, -0.25) is 9.59 Å². The zero-order chi connectivity index (χ0) is 20.6. The van der Waals surface area contributed by atoms with Crippen LogP contribution in [0.5, 0.6) is 5.75 Å². The number of benzene rings is 3. The van der Waals surface area contributed by atoms with Gasteiger partial charge in [-0.2, -0.15) is 0 Å². The predicted octanol–water partition coefficient (Wildman–Crippen LogP) is 4.87. The molecule has 0 radical (unpaired) electrons. The maximum atomic E-state index is 12.8. The SMILES string of the molecule is O=C(COc1ccc(Cl)cc1Cl)N[C@@H](C(=O)Nc1ccccc1)c1ccccc1. The zero-order valence-corrected chi connectivity index (χ0v) is 16.8. The molecule has 2 N–H and O–H groups in total. The van der Waals surface area contributed by atoms with Crippen molar-refractivity contribution < 1.29 is 14.3 Å². The molecule has 29 heavy (non-hydrogen) atoms. The summed E-state index contributed by atoms with van der Waals surface area (Å²) in [6.07, 6.45) is 0. The van der Waals surface area contributed by atoms with Gasteiger partial charge in [0.2, 0.25) is 0 Å². The maximum absolute atomic E-state index is 12.8. The van der Waals surface area contributed by atoms with Crippen LogP contribution in [-0.4, -0.2) is 18.4 Å². The van der Waals surface area contributed by atoms with E-state index >= 15 is 0 Å². The van der Waals surface area contributed by atoms with E-state index in [4.69, 9.17) is 27.9 Å². The van der Waals surface area contributed by atoms with Crippen molar-refractivity contribution in [2.75, 3.05) is 11.9 Å². The summed E-state index contributed by atoms with van der Waals surface area (Å²) in [4.78, 5) is 25.3. The first-order valence-electron chi connectivity index (χ1n) is 8.81. The third-order valence-corrected chi connectivity index (χ3v) is 4.52. The number of hydrogen-bond donors (Lipinski definition) is 2. The van der Waals surface area contributed by atoms with Crippen LogP contribution in [0.25, 0.3) is 0 Å². The number of nitrogens with one attached hydrogen (secondary N) is 2. The second kappa shape index (κ2) is 9.96. The summed E-state index contributed by atoms with van der Waals surface area (Å²) in [5, 5.41) is 6.28. The first-order valence-corrected chi connectivity index (χ1v) is 9.56. The first-order chi connectivity index (χ1) is 14.0. The summed E-state index contributed by atoms with van der Waals surface area (Å²) in [5.41, 5.74) is 1.29. The largest absolute Gasteiger partial charge is 0.482 e. The normalized spacial score (nSPS) is 11.4. The molecule has 0 saturated heterocycles. The minimum atomic E-state index is -0.881. The van der Waals surface area contributed by atoms with Gasteiger partial charge in [-0.1, -0.05) is 71.7 Å². The molecule has 0 heterocycles. The molecule has 2 amide bonds. The van der Waals surface area contributed by atoms with Gasteiger partial charge in [0.1, 0.15) is 11.8 Å². The van der Waals surface area contributed by atoms with Gasteiger partial charge in [0.15, 0.2) is 6.61 Å². The van der Waals surface area contributed by atoms with Crippen LogP contribution in [0.15, 0.2) is 78.9 Å². The maximum Gasteiger partial charge on any atom is 0.258 e. The van der Waals surface area contributed by atoms with Crippen LogP contribution < -0.4 is 15.4 Å². The molecule has 0 unspecified atom stereocenters. The van der Waals surface area contributed by atoms with Crippen LogP contribution in [0.3, 0.4) is 0 Å². The van der Waals surface area contributed by atoms with Gasteiger partial charge >= 0.3 is 0 Å². The lowest BCUT2D eigenvalue weighted by Gasteiger charge is -2.19. The fraction of sp³-hybridized carbons (Fsp3) is 0.0909. The number of ether oxygens (including phenoxy) is 1. The van der Waals surface area contributed by atoms with Crippen LogP contribution in [0.4, 0.5) is 5.69 Å². The summed E-state index contributed by atoms with van der Waals surface area (Å²) < 4.78 is 5.45. The van der Waals surface area contributed by atoms with Crippen LogP contribution in [0.1, 0.15) is 11.6 Å². The van der Waals surface area contributed by atoms with Crippen LogP contribution in [0, 0.1) is 0 Å². The molecule has 0 spiro atoms. The van der Waals surface area contributed by atoms with E-state index in [0.29, 0.717) is 27.0 Å². The van der Waals surface area contributed by atoms with Crippen molar-refractivity contribution in [3.8, 4) is 5.75 Å². The van der Waals surface area contributed by atoms with Crippen LogP contribution in [0.2, 0.25) is 10.0 Å². The van der Waals surface area contributed by atoms with Gasteiger partial charge in [-0.15, -0.1) is 0 Å². The van der Waals surface area contributed by atoms with Gasteiger partial charge in [0, 0.05) is 10.7 Å². The molecule has 3 aromatic rings. The number of hydrogen-bond acceptors (Lipinski definition) is 3. The Morgan fingerprint density at radius 3 is 2.21 bits per heavy atom. The average molecular weight is 429 g/mol. The van der Waals surface area contributed by atoms with E-state index in [1.165, 1.54) is 6.07 Å². The Hall–Kier alpha value is -3.02. The summed E-state index contributed by atoms with van der Waals surface area (Å²) in [6, 6.07) is 21.8. The van der Waals surface area contributed by atoms with E-state index in [1.54, 1.807) is 48.5 Å². The quantitative estimate of drug-likeness (QED) is 0.563. The number of carbonyl (C=O) groups excluding carboxylic acids is 2. The second-order valence-corrected chi connectivity index (χ2v) is 6.97. The molecule has 148 valence electrons. The molecular formula is C22H18Cl2N2O3. The number of anilines is 1. The number of para-hydroxylation sites is 1. The molecule has 0 aliphatic heterocycles. The lowest BCUT2D eigenvalue weighted by molar-refractivity contribution is -0.128. The van der Waals surface area contributed by atoms with Crippen molar-refractivity contribution in [1.29, 1.82) is 0 Å². The van der Waals surface area contributed by atoms with Gasteiger partial charge in [0.05, 0.1) is 5.02 Å². The van der Waals surface area contributed by atoms with Crippen molar-refractivity contribution in [2.24, 2.45) is 0 Å². The average Bonchev–Trinajstić information content (AvgIpc) is 2.72. The smallest absolute Gasteiger partial charge is 0.258 e. The van der Waals surface area contributed by atoms with E-state index in [1.807, 2.05) is 24.3 Å². The molecule has 0 fully saturated rings. The Bertz CT molecular complexity index is 982. The molecule has 7 heteroatoms. The van der Waals surface area contributed by atoms with Crippen molar-refractivity contribution in [3.05, 3.63) is 94.5 Å². The molecule has 0 aliphatic carbocycles. The highest BCUT2D eigenvalue weighted by molar-refractivity contribution is 6.35. The summed E-state index contributed by atoms with van der Waals surface area (Å²) in [5.74, 6) is -0.496.